The molecule has 174 valence electrons. The van der Waals surface area contributed by atoms with Crippen molar-refractivity contribution in [3.8, 4) is 17.2 Å². The topological polar surface area (TPSA) is 65.8 Å². The number of nitrogens with zero attached hydrogens (tertiary/aromatic N) is 3. The van der Waals surface area contributed by atoms with Crippen molar-refractivity contribution in [2.24, 2.45) is 0 Å². The average Bonchev–Trinajstić information content (AvgIpc) is 3.45. The van der Waals surface area contributed by atoms with Gasteiger partial charge in [-0.05, 0) is 48.5 Å². The van der Waals surface area contributed by atoms with Gasteiger partial charge in [0.1, 0.15) is 18.2 Å². The number of aromatic nitrogens is 2. The summed E-state index contributed by atoms with van der Waals surface area (Å²) in [6.45, 7) is 1.65. The number of anilines is 1. The summed E-state index contributed by atoms with van der Waals surface area (Å²) >= 11 is 0. The lowest BCUT2D eigenvalue weighted by Crippen LogP contribution is -2.24. The van der Waals surface area contributed by atoms with Crippen LogP contribution in [0.2, 0.25) is 0 Å². The Balaban J connectivity index is 1.39. The van der Waals surface area contributed by atoms with Crippen molar-refractivity contribution in [3.63, 3.8) is 0 Å². The maximum atomic E-state index is 12.9. The van der Waals surface area contributed by atoms with Crippen LogP contribution < -0.4 is 19.1 Å². The minimum Gasteiger partial charge on any atom is -0.497 e. The molecule has 1 aliphatic heterocycles. The van der Waals surface area contributed by atoms with E-state index < -0.39 is 0 Å². The monoisotopic (exact) mass is 457 g/mol. The van der Waals surface area contributed by atoms with Crippen LogP contribution in [0.1, 0.15) is 18.2 Å². The SMILES string of the molecule is COc1ccc(N2CC(c3nc4ccccc4n3CCOc3ccccc3OC)CC2=O)cc1. The lowest BCUT2D eigenvalue weighted by Gasteiger charge is -2.18. The zero-order chi connectivity index (χ0) is 23.5. The fourth-order valence-corrected chi connectivity index (χ4v) is 4.52. The predicted molar refractivity (Wildman–Crippen MR) is 131 cm³/mol. The number of ether oxygens (including phenoxy) is 3. The first-order valence-electron chi connectivity index (χ1n) is 11.3. The van der Waals surface area contributed by atoms with E-state index in [1.807, 2.05) is 71.6 Å². The highest BCUT2D eigenvalue weighted by Crippen LogP contribution is 2.34. The molecule has 0 N–H and O–H groups in total. The number of methoxy groups -OCH3 is 2. The van der Waals surface area contributed by atoms with E-state index in [1.54, 1.807) is 14.2 Å². The van der Waals surface area contributed by atoms with Crippen LogP contribution in [0.3, 0.4) is 0 Å². The van der Waals surface area contributed by atoms with E-state index in [1.165, 1.54) is 0 Å². The van der Waals surface area contributed by atoms with Crippen molar-refractivity contribution >= 4 is 22.6 Å². The minimum absolute atomic E-state index is 0.00624. The molecule has 1 aliphatic rings. The number of hydrogen-bond donors (Lipinski definition) is 0. The Morgan fingerprint density at radius 2 is 1.65 bits per heavy atom. The molecule has 1 amide bonds. The summed E-state index contributed by atoms with van der Waals surface area (Å²) in [7, 11) is 3.27. The van der Waals surface area contributed by atoms with Gasteiger partial charge in [-0.1, -0.05) is 24.3 Å². The van der Waals surface area contributed by atoms with Crippen LogP contribution in [0, 0.1) is 0 Å². The van der Waals surface area contributed by atoms with Crippen molar-refractivity contribution in [2.75, 3.05) is 32.3 Å². The van der Waals surface area contributed by atoms with Gasteiger partial charge in [0.15, 0.2) is 11.5 Å². The number of carbonyl (C=O) groups excluding carboxylic acids is 1. The molecule has 34 heavy (non-hydrogen) atoms. The summed E-state index contributed by atoms with van der Waals surface area (Å²) in [5.41, 5.74) is 2.83. The van der Waals surface area contributed by atoms with Crippen LogP contribution in [0.5, 0.6) is 17.2 Å². The van der Waals surface area contributed by atoms with Crippen LogP contribution >= 0.6 is 0 Å². The van der Waals surface area contributed by atoms with E-state index >= 15 is 0 Å². The summed E-state index contributed by atoms with van der Waals surface area (Å²) in [6.07, 6.45) is 0.419. The first-order valence-corrected chi connectivity index (χ1v) is 11.3. The second kappa shape index (κ2) is 9.47. The van der Waals surface area contributed by atoms with E-state index in [9.17, 15) is 4.79 Å². The molecule has 0 bridgehead atoms. The molecular weight excluding hydrogens is 430 g/mol. The van der Waals surface area contributed by atoms with E-state index in [-0.39, 0.29) is 11.8 Å². The van der Waals surface area contributed by atoms with Gasteiger partial charge in [0, 0.05) is 24.6 Å². The Hall–Kier alpha value is -4.00. The maximum absolute atomic E-state index is 12.9. The zero-order valence-corrected chi connectivity index (χ0v) is 19.3. The average molecular weight is 458 g/mol. The number of para-hydroxylation sites is 4. The Bertz CT molecular complexity index is 1300. The maximum Gasteiger partial charge on any atom is 0.227 e. The third kappa shape index (κ3) is 4.17. The summed E-state index contributed by atoms with van der Waals surface area (Å²) in [6, 6.07) is 23.3. The number of imidazole rings is 1. The molecular formula is C27H27N3O4. The molecule has 1 aromatic heterocycles. The van der Waals surface area contributed by atoms with E-state index in [0.29, 0.717) is 37.6 Å². The first-order chi connectivity index (χ1) is 16.7. The molecule has 4 aromatic rings. The molecule has 0 radical (unpaired) electrons. The molecule has 1 saturated heterocycles. The smallest absolute Gasteiger partial charge is 0.227 e. The summed E-state index contributed by atoms with van der Waals surface area (Å²) < 4.78 is 18.9. The van der Waals surface area contributed by atoms with Crippen LogP contribution in [-0.4, -0.2) is 42.8 Å². The highest BCUT2D eigenvalue weighted by atomic mass is 16.5. The largest absolute Gasteiger partial charge is 0.497 e. The van der Waals surface area contributed by atoms with E-state index in [4.69, 9.17) is 19.2 Å². The van der Waals surface area contributed by atoms with Gasteiger partial charge >= 0.3 is 0 Å². The molecule has 7 nitrogen and oxygen atoms in total. The number of fused-ring (bicyclic) bond motifs is 1. The van der Waals surface area contributed by atoms with Gasteiger partial charge in [0.05, 0.1) is 31.8 Å². The van der Waals surface area contributed by atoms with Crippen molar-refractivity contribution in [1.29, 1.82) is 0 Å². The molecule has 1 atom stereocenters. The summed E-state index contributed by atoms with van der Waals surface area (Å²) in [4.78, 5) is 19.7. The van der Waals surface area contributed by atoms with Gasteiger partial charge in [-0.25, -0.2) is 4.98 Å². The molecule has 2 heterocycles. The molecule has 5 rings (SSSR count). The lowest BCUT2D eigenvalue weighted by atomic mass is 10.1. The Morgan fingerprint density at radius 1 is 0.912 bits per heavy atom. The third-order valence-corrected chi connectivity index (χ3v) is 6.20. The van der Waals surface area contributed by atoms with Crippen molar-refractivity contribution in [3.05, 3.63) is 78.6 Å². The standard InChI is InChI=1S/C27H27N3O4/c1-32-21-13-11-20(12-14-21)30-18-19(17-26(30)31)27-28-22-7-3-4-8-23(22)29(27)15-16-34-25-10-6-5-9-24(25)33-2/h3-14,19H,15-18H2,1-2H3. The first kappa shape index (κ1) is 21.8. The number of benzene rings is 3. The molecule has 0 aliphatic carbocycles. The molecule has 0 spiro atoms. The predicted octanol–water partition coefficient (Wildman–Crippen LogP) is 4.65. The van der Waals surface area contributed by atoms with Crippen LogP contribution in [0.25, 0.3) is 11.0 Å². The zero-order valence-electron chi connectivity index (χ0n) is 19.3. The Kier molecular flexibility index (Phi) is 6.08. The van der Waals surface area contributed by atoms with Crippen molar-refractivity contribution < 1.29 is 19.0 Å². The van der Waals surface area contributed by atoms with Gasteiger partial charge in [-0.2, -0.15) is 0 Å². The summed E-state index contributed by atoms with van der Waals surface area (Å²) in [5, 5.41) is 0. The van der Waals surface area contributed by atoms with Gasteiger partial charge in [-0.3, -0.25) is 4.79 Å². The number of amides is 1. The molecule has 1 unspecified atom stereocenters. The fraction of sp³-hybridized carbons (Fsp3) is 0.259. The third-order valence-electron chi connectivity index (χ3n) is 6.20. The van der Waals surface area contributed by atoms with Gasteiger partial charge in [0.25, 0.3) is 0 Å². The Morgan fingerprint density at radius 3 is 2.41 bits per heavy atom. The normalized spacial score (nSPS) is 15.6. The highest BCUT2D eigenvalue weighted by Gasteiger charge is 2.34. The van der Waals surface area contributed by atoms with Crippen LogP contribution in [-0.2, 0) is 11.3 Å². The number of rotatable bonds is 8. The molecule has 3 aromatic carbocycles. The quantitative estimate of drug-likeness (QED) is 0.385. The van der Waals surface area contributed by atoms with E-state index in [2.05, 4.69) is 10.6 Å². The van der Waals surface area contributed by atoms with Gasteiger partial charge in [-0.15, -0.1) is 0 Å². The van der Waals surface area contributed by atoms with Crippen molar-refractivity contribution in [2.45, 2.75) is 18.9 Å². The van der Waals surface area contributed by atoms with E-state index in [0.717, 1.165) is 28.3 Å². The van der Waals surface area contributed by atoms with Gasteiger partial charge in [0.2, 0.25) is 5.91 Å². The number of hydrogen-bond acceptors (Lipinski definition) is 5. The fourth-order valence-electron chi connectivity index (χ4n) is 4.52. The van der Waals surface area contributed by atoms with Crippen LogP contribution in [0.15, 0.2) is 72.8 Å². The highest BCUT2D eigenvalue weighted by molar-refractivity contribution is 5.96. The molecule has 1 fully saturated rings. The second-order valence-corrected chi connectivity index (χ2v) is 8.21. The Labute approximate surface area is 198 Å². The van der Waals surface area contributed by atoms with Crippen molar-refractivity contribution in [1.82, 2.24) is 9.55 Å². The molecule has 0 saturated carbocycles. The lowest BCUT2D eigenvalue weighted by molar-refractivity contribution is -0.117. The second-order valence-electron chi connectivity index (χ2n) is 8.21. The summed E-state index contributed by atoms with van der Waals surface area (Å²) in [5.74, 6) is 3.18. The van der Waals surface area contributed by atoms with Gasteiger partial charge < -0.3 is 23.7 Å². The number of carbonyl (C=O) groups is 1. The molecule has 7 heteroatoms. The van der Waals surface area contributed by atoms with Crippen LogP contribution in [0.4, 0.5) is 5.69 Å². The minimum atomic E-state index is -0.00624.